The van der Waals surface area contributed by atoms with Crippen molar-refractivity contribution < 1.29 is 18.1 Å². The average molecular weight is 341 g/mol. The van der Waals surface area contributed by atoms with E-state index >= 15 is 0 Å². The number of hydrogen-bond donors (Lipinski definition) is 1. The summed E-state index contributed by atoms with van der Waals surface area (Å²) in [7, 11) is -2.47. The summed E-state index contributed by atoms with van der Waals surface area (Å²) < 4.78 is 32.4. The van der Waals surface area contributed by atoms with Gasteiger partial charge in [-0.2, -0.15) is 4.31 Å². The van der Waals surface area contributed by atoms with Crippen molar-refractivity contribution in [3.05, 3.63) is 28.3 Å². The first-order valence-electron chi connectivity index (χ1n) is 7.49. The Balaban J connectivity index is 1.95. The fourth-order valence-corrected chi connectivity index (χ4v) is 5.04. The molecule has 126 valence electrons. The number of sulfonamides is 1. The van der Waals surface area contributed by atoms with Crippen molar-refractivity contribution in [3.8, 4) is 5.75 Å². The molecule has 23 heavy (non-hydrogen) atoms. The fourth-order valence-electron chi connectivity index (χ4n) is 3.35. The number of nitro benzene ring substituents is 1. The molecular formula is C14H19N3O5S. The maximum absolute atomic E-state index is 12.9. The van der Waals surface area contributed by atoms with E-state index in [4.69, 9.17) is 4.74 Å². The standard InChI is InChI=1S/C14H19N3O5S/c1-22-13-3-2-11(17(18)19)8-14(13)23(20,21)16-7-5-12-10(9-16)4-6-15-12/h2-3,8,10,12,15H,4-7,9H2,1H3. The number of nitrogens with zero attached hydrogens (tertiary/aromatic N) is 2. The van der Waals surface area contributed by atoms with Crippen molar-refractivity contribution in [2.45, 2.75) is 23.8 Å². The second-order valence-corrected chi connectivity index (χ2v) is 7.76. The molecular weight excluding hydrogens is 322 g/mol. The zero-order valence-electron chi connectivity index (χ0n) is 12.8. The van der Waals surface area contributed by atoms with E-state index in [0.717, 1.165) is 25.5 Å². The van der Waals surface area contributed by atoms with Crippen molar-refractivity contribution in [2.75, 3.05) is 26.7 Å². The van der Waals surface area contributed by atoms with Crippen LogP contribution >= 0.6 is 0 Å². The van der Waals surface area contributed by atoms with E-state index in [9.17, 15) is 18.5 Å². The first-order valence-corrected chi connectivity index (χ1v) is 8.93. The fraction of sp³-hybridized carbons (Fsp3) is 0.571. The number of non-ortho nitro benzene ring substituents is 1. The summed E-state index contributed by atoms with van der Waals surface area (Å²) in [4.78, 5) is 10.2. The van der Waals surface area contributed by atoms with Crippen molar-refractivity contribution in [1.29, 1.82) is 0 Å². The van der Waals surface area contributed by atoms with E-state index < -0.39 is 14.9 Å². The molecule has 3 rings (SSSR count). The lowest BCUT2D eigenvalue weighted by Gasteiger charge is -2.34. The molecule has 2 unspecified atom stereocenters. The third kappa shape index (κ3) is 2.91. The van der Waals surface area contributed by atoms with E-state index in [-0.39, 0.29) is 16.3 Å². The highest BCUT2D eigenvalue weighted by Gasteiger charge is 2.39. The SMILES string of the molecule is COc1ccc([N+](=O)[O-])cc1S(=O)(=O)N1CCC2NCCC2C1. The van der Waals surface area contributed by atoms with E-state index in [0.29, 0.717) is 25.0 Å². The lowest BCUT2D eigenvalue weighted by molar-refractivity contribution is -0.385. The first-order chi connectivity index (χ1) is 10.9. The third-order valence-electron chi connectivity index (χ3n) is 4.59. The van der Waals surface area contributed by atoms with Gasteiger partial charge in [0.25, 0.3) is 5.69 Å². The van der Waals surface area contributed by atoms with Crippen molar-refractivity contribution in [2.24, 2.45) is 5.92 Å². The summed E-state index contributed by atoms with van der Waals surface area (Å²) in [6.45, 7) is 1.75. The molecule has 1 aromatic rings. The Bertz CT molecular complexity index is 721. The second kappa shape index (κ2) is 6.06. The Hall–Kier alpha value is -1.71. The molecule has 9 heteroatoms. The summed E-state index contributed by atoms with van der Waals surface area (Å²) in [5.74, 6) is 0.422. The maximum Gasteiger partial charge on any atom is 0.271 e. The molecule has 0 spiro atoms. The maximum atomic E-state index is 12.9. The Morgan fingerprint density at radius 2 is 2.17 bits per heavy atom. The van der Waals surface area contributed by atoms with Gasteiger partial charge in [-0.15, -0.1) is 0 Å². The number of ether oxygens (including phenoxy) is 1. The lowest BCUT2D eigenvalue weighted by Crippen LogP contribution is -2.46. The number of methoxy groups -OCH3 is 1. The van der Waals surface area contributed by atoms with Crippen LogP contribution in [0.15, 0.2) is 23.1 Å². The molecule has 1 N–H and O–H groups in total. The summed E-state index contributed by atoms with van der Waals surface area (Å²) in [5, 5.41) is 14.3. The van der Waals surface area contributed by atoms with Crippen LogP contribution in [0.3, 0.4) is 0 Å². The summed E-state index contributed by atoms with van der Waals surface area (Å²) in [6, 6.07) is 4.01. The lowest BCUT2D eigenvalue weighted by atomic mass is 9.95. The molecule has 0 aliphatic carbocycles. The largest absolute Gasteiger partial charge is 0.495 e. The molecule has 0 amide bonds. The Morgan fingerprint density at radius 3 is 2.87 bits per heavy atom. The number of benzene rings is 1. The van der Waals surface area contributed by atoms with Crippen molar-refractivity contribution in [1.82, 2.24) is 9.62 Å². The van der Waals surface area contributed by atoms with Crippen LogP contribution in [-0.2, 0) is 10.0 Å². The quantitative estimate of drug-likeness (QED) is 0.647. The predicted molar refractivity (Wildman–Crippen MR) is 82.9 cm³/mol. The van der Waals surface area contributed by atoms with Crippen molar-refractivity contribution in [3.63, 3.8) is 0 Å². The molecule has 2 atom stereocenters. The Kier molecular flexibility index (Phi) is 4.26. The number of nitro groups is 1. The number of hydrogen-bond acceptors (Lipinski definition) is 6. The topological polar surface area (TPSA) is 102 Å². The van der Waals surface area contributed by atoms with Crippen molar-refractivity contribution >= 4 is 15.7 Å². The van der Waals surface area contributed by atoms with Gasteiger partial charge in [0.1, 0.15) is 10.6 Å². The van der Waals surface area contributed by atoms with Gasteiger partial charge in [-0.05, 0) is 31.4 Å². The highest BCUT2D eigenvalue weighted by atomic mass is 32.2. The third-order valence-corrected chi connectivity index (χ3v) is 6.48. The molecule has 0 saturated carbocycles. The molecule has 2 aliphatic rings. The molecule has 0 aromatic heterocycles. The van der Waals surface area contributed by atoms with Crippen LogP contribution in [0.2, 0.25) is 0 Å². The average Bonchev–Trinajstić information content (AvgIpc) is 3.01. The minimum atomic E-state index is -3.82. The van der Waals surface area contributed by atoms with Gasteiger partial charge in [0, 0.05) is 31.3 Å². The van der Waals surface area contributed by atoms with Gasteiger partial charge in [-0.3, -0.25) is 10.1 Å². The van der Waals surface area contributed by atoms with Gasteiger partial charge in [-0.1, -0.05) is 0 Å². The summed E-state index contributed by atoms with van der Waals surface area (Å²) in [5.41, 5.74) is -0.262. The minimum absolute atomic E-state index is 0.127. The second-order valence-electron chi connectivity index (χ2n) is 5.85. The molecule has 1 aromatic carbocycles. The van der Waals surface area contributed by atoms with E-state index in [1.54, 1.807) is 0 Å². The summed E-state index contributed by atoms with van der Waals surface area (Å²) in [6.07, 6.45) is 1.70. The van der Waals surface area contributed by atoms with Crippen LogP contribution in [0, 0.1) is 16.0 Å². The van der Waals surface area contributed by atoms with Crippen LogP contribution in [0.5, 0.6) is 5.75 Å². The zero-order valence-corrected chi connectivity index (χ0v) is 13.6. The van der Waals surface area contributed by atoms with Gasteiger partial charge in [0.2, 0.25) is 10.0 Å². The van der Waals surface area contributed by atoms with Gasteiger partial charge in [0.15, 0.2) is 0 Å². The van der Waals surface area contributed by atoms with Gasteiger partial charge in [0.05, 0.1) is 12.0 Å². The van der Waals surface area contributed by atoms with Crippen LogP contribution in [-0.4, -0.2) is 50.4 Å². The monoisotopic (exact) mass is 341 g/mol. The highest BCUT2D eigenvalue weighted by Crippen LogP contribution is 2.34. The van der Waals surface area contributed by atoms with Gasteiger partial charge < -0.3 is 10.1 Å². The minimum Gasteiger partial charge on any atom is -0.495 e. The van der Waals surface area contributed by atoms with Crippen LogP contribution in [0.25, 0.3) is 0 Å². The molecule has 0 radical (unpaired) electrons. The normalized spacial score (nSPS) is 25.1. The predicted octanol–water partition coefficient (Wildman–Crippen LogP) is 0.976. The number of nitrogens with one attached hydrogen (secondary N) is 1. The highest BCUT2D eigenvalue weighted by molar-refractivity contribution is 7.89. The molecule has 2 heterocycles. The molecule has 2 fully saturated rings. The van der Waals surface area contributed by atoms with E-state index in [1.807, 2.05) is 0 Å². The van der Waals surface area contributed by atoms with E-state index in [2.05, 4.69) is 5.32 Å². The molecule has 8 nitrogen and oxygen atoms in total. The van der Waals surface area contributed by atoms with Crippen LogP contribution in [0.1, 0.15) is 12.8 Å². The number of fused-ring (bicyclic) bond motifs is 1. The molecule has 2 saturated heterocycles. The van der Waals surface area contributed by atoms with E-state index in [1.165, 1.54) is 23.5 Å². The van der Waals surface area contributed by atoms with Gasteiger partial charge >= 0.3 is 0 Å². The zero-order chi connectivity index (χ0) is 16.6. The Morgan fingerprint density at radius 1 is 1.39 bits per heavy atom. The van der Waals surface area contributed by atoms with Crippen LogP contribution in [0.4, 0.5) is 5.69 Å². The molecule has 2 aliphatic heterocycles. The molecule has 0 bridgehead atoms. The number of piperidine rings is 1. The van der Waals surface area contributed by atoms with Crippen LogP contribution < -0.4 is 10.1 Å². The van der Waals surface area contributed by atoms with Gasteiger partial charge in [-0.25, -0.2) is 8.42 Å². The number of rotatable bonds is 4. The Labute approximate surface area is 134 Å². The first kappa shape index (κ1) is 16.2. The summed E-state index contributed by atoms with van der Waals surface area (Å²) >= 11 is 0. The smallest absolute Gasteiger partial charge is 0.271 e.